The van der Waals surface area contributed by atoms with E-state index < -0.39 is 0 Å². The van der Waals surface area contributed by atoms with Crippen LogP contribution in [0.2, 0.25) is 0 Å². The largest absolute Gasteiger partial charge is 0.310 e. The second kappa shape index (κ2) is 7.80. The Hall–Kier alpha value is -1.68. The first kappa shape index (κ1) is 14.7. The van der Waals surface area contributed by atoms with Crippen molar-refractivity contribution >= 4 is 0 Å². The number of rotatable bonds is 8. The molecular formula is C16H24N4. The predicted octanol–water partition coefficient (Wildman–Crippen LogP) is 2.97. The van der Waals surface area contributed by atoms with Crippen LogP contribution >= 0.6 is 0 Å². The van der Waals surface area contributed by atoms with E-state index in [4.69, 9.17) is 0 Å². The number of nitrogens with one attached hydrogen (secondary N) is 1. The van der Waals surface area contributed by atoms with Crippen LogP contribution in [0.4, 0.5) is 0 Å². The minimum atomic E-state index is 0.359. The highest BCUT2D eigenvalue weighted by Gasteiger charge is 2.13. The second-order valence-corrected chi connectivity index (χ2v) is 5.00. The maximum atomic E-state index is 4.40. The Morgan fingerprint density at radius 1 is 1.30 bits per heavy atom. The fourth-order valence-electron chi connectivity index (χ4n) is 2.28. The molecule has 108 valence electrons. The summed E-state index contributed by atoms with van der Waals surface area (Å²) in [6, 6.07) is 6.46. The van der Waals surface area contributed by atoms with E-state index in [0.717, 1.165) is 38.0 Å². The number of pyridine rings is 1. The standard InChI is InChI=1S/C16H24N4/c1-3-10-18-16(14-12-19-20(4-2)13-14)9-8-15-7-5-6-11-17-15/h5-7,11-13,16,18H,3-4,8-10H2,1-2H3. The lowest BCUT2D eigenvalue weighted by Crippen LogP contribution is -2.22. The molecule has 2 heterocycles. The summed E-state index contributed by atoms with van der Waals surface area (Å²) in [4.78, 5) is 4.40. The summed E-state index contributed by atoms with van der Waals surface area (Å²) in [6.45, 7) is 6.25. The van der Waals surface area contributed by atoms with Gasteiger partial charge in [0.2, 0.25) is 0 Å². The molecule has 0 saturated carbocycles. The summed E-state index contributed by atoms with van der Waals surface area (Å²) in [6.07, 6.45) is 9.16. The highest BCUT2D eigenvalue weighted by molar-refractivity contribution is 5.12. The normalized spacial score (nSPS) is 12.5. The van der Waals surface area contributed by atoms with Crippen LogP contribution in [0.15, 0.2) is 36.8 Å². The molecule has 0 amide bonds. The number of nitrogens with zero attached hydrogens (tertiary/aromatic N) is 3. The lowest BCUT2D eigenvalue weighted by Gasteiger charge is -2.16. The predicted molar refractivity (Wildman–Crippen MR) is 81.5 cm³/mol. The van der Waals surface area contributed by atoms with E-state index in [1.54, 1.807) is 0 Å². The first-order valence-electron chi connectivity index (χ1n) is 7.49. The van der Waals surface area contributed by atoms with E-state index in [2.05, 4.69) is 41.5 Å². The third-order valence-corrected chi connectivity index (χ3v) is 3.44. The van der Waals surface area contributed by atoms with Crippen molar-refractivity contribution in [2.75, 3.05) is 6.54 Å². The van der Waals surface area contributed by atoms with Gasteiger partial charge in [0, 0.05) is 36.2 Å². The molecule has 1 atom stereocenters. The van der Waals surface area contributed by atoms with Gasteiger partial charge in [0.05, 0.1) is 6.20 Å². The molecule has 4 heteroatoms. The molecule has 0 aliphatic carbocycles. The summed E-state index contributed by atoms with van der Waals surface area (Å²) in [5.74, 6) is 0. The summed E-state index contributed by atoms with van der Waals surface area (Å²) < 4.78 is 1.98. The van der Waals surface area contributed by atoms with E-state index in [9.17, 15) is 0 Å². The van der Waals surface area contributed by atoms with Crippen LogP contribution in [0.3, 0.4) is 0 Å². The van der Waals surface area contributed by atoms with Gasteiger partial charge < -0.3 is 5.32 Å². The van der Waals surface area contributed by atoms with Gasteiger partial charge in [-0.25, -0.2) is 0 Å². The lowest BCUT2D eigenvalue weighted by atomic mass is 10.0. The molecule has 2 rings (SSSR count). The van der Waals surface area contributed by atoms with Crippen LogP contribution in [0.1, 0.15) is 44.0 Å². The van der Waals surface area contributed by atoms with Crippen molar-refractivity contribution in [1.29, 1.82) is 0 Å². The fourth-order valence-corrected chi connectivity index (χ4v) is 2.28. The third-order valence-electron chi connectivity index (χ3n) is 3.44. The van der Waals surface area contributed by atoms with Gasteiger partial charge in [0.15, 0.2) is 0 Å². The Kier molecular flexibility index (Phi) is 5.74. The zero-order chi connectivity index (χ0) is 14.2. The van der Waals surface area contributed by atoms with Crippen molar-refractivity contribution in [2.45, 2.75) is 45.7 Å². The van der Waals surface area contributed by atoms with E-state index in [0.29, 0.717) is 6.04 Å². The van der Waals surface area contributed by atoms with Crippen LogP contribution in [-0.2, 0) is 13.0 Å². The SMILES string of the molecule is CCCNC(CCc1ccccn1)c1cnn(CC)c1. The highest BCUT2D eigenvalue weighted by Crippen LogP contribution is 2.18. The zero-order valence-corrected chi connectivity index (χ0v) is 12.4. The molecule has 2 aromatic heterocycles. The smallest absolute Gasteiger partial charge is 0.0537 e. The molecule has 1 unspecified atom stereocenters. The van der Waals surface area contributed by atoms with E-state index in [-0.39, 0.29) is 0 Å². The van der Waals surface area contributed by atoms with E-state index in [1.807, 2.05) is 29.2 Å². The minimum absolute atomic E-state index is 0.359. The van der Waals surface area contributed by atoms with Gasteiger partial charge in [0.1, 0.15) is 0 Å². The Bertz CT molecular complexity index is 492. The summed E-state index contributed by atoms with van der Waals surface area (Å²) in [5.41, 5.74) is 2.43. The molecule has 0 aliphatic heterocycles. The van der Waals surface area contributed by atoms with Crippen molar-refractivity contribution in [3.8, 4) is 0 Å². The minimum Gasteiger partial charge on any atom is -0.310 e. The third kappa shape index (κ3) is 4.17. The topological polar surface area (TPSA) is 42.7 Å². The van der Waals surface area contributed by atoms with Gasteiger partial charge in [0.25, 0.3) is 0 Å². The summed E-state index contributed by atoms with van der Waals surface area (Å²) >= 11 is 0. The van der Waals surface area contributed by atoms with Crippen molar-refractivity contribution in [3.05, 3.63) is 48.0 Å². The van der Waals surface area contributed by atoms with Crippen LogP contribution in [0.5, 0.6) is 0 Å². The van der Waals surface area contributed by atoms with Gasteiger partial charge in [-0.05, 0) is 44.9 Å². The van der Waals surface area contributed by atoms with Gasteiger partial charge in [-0.1, -0.05) is 13.0 Å². The Morgan fingerprint density at radius 2 is 2.20 bits per heavy atom. The zero-order valence-electron chi connectivity index (χ0n) is 12.4. The Morgan fingerprint density at radius 3 is 2.85 bits per heavy atom. The average molecular weight is 272 g/mol. The van der Waals surface area contributed by atoms with Crippen LogP contribution in [0.25, 0.3) is 0 Å². The van der Waals surface area contributed by atoms with Crippen molar-refractivity contribution in [1.82, 2.24) is 20.1 Å². The quantitative estimate of drug-likeness (QED) is 0.803. The molecule has 0 aromatic carbocycles. The second-order valence-electron chi connectivity index (χ2n) is 5.00. The number of hydrogen-bond donors (Lipinski definition) is 1. The fraction of sp³-hybridized carbons (Fsp3) is 0.500. The van der Waals surface area contributed by atoms with Crippen molar-refractivity contribution in [3.63, 3.8) is 0 Å². The van der Waals surface area contributed by atoms with Crippen LogP contribution in [0, 0.1) is 0 Å². The number of aryl methyl sites for hydroxylation is 2. The van der Waals surface area contributed by atoms with Crippen LogP contribution in [-0.4, -0.2) is 21.3 Å². The molecule has 0 aliphatic rings. The molecule has 0 spiro atoms. The van der Waals surface area contributed by atoms with Gasteiger partial charge >= 0.3 is 0 Å². The van der Waals surface area contributed by atoms with Crippen molar-refractivity contribution < 1.29 is 0 Å². The first-order valence-corrected chi connectivity index (χ1v) is 7.49. The molecule has 2 aromatic rings. The molecule has 0 radical (unpaired) electrons. The van der Waals surface area contributed by atoms with Gasteiger partial charge in [-0.2, -0.15) is 5.10 Å². The summed E-state index contributed by atoms with van der Waals surface area (Å²) in [7, 11) is 0. The average Bonchev–Trinajstić information content (AvgIpc) is 2.97. The molecular weight excluding hydrogens is 248 g/mol. The van der Waals surface area contributed by atoms with Gasteiger partial charge in [-0.3, -0.25) is 9.67 Å². The highest BCUT2D eigenvalue weighted by atomic mass is 15.3. The maximum absolute atomic E-state index is 4.40. The number of aromatic nitrogens is 3. The molecule has 0 fully saturated rings. The van der Waals surface area contributed by atoms with Gasteiger partial charge in [-0.15, -0.1) is 0 Å². The van der Waals surface area contributed by atoms with Crippen molar-refractivity contribution in [2.24, 2.45) is 0 Å². The Labute approximate surface area is 121 Å². The molecule has 0 saturated heterocycles. The monoisotopic (exact) mass is 272 g/mol. The molecule has 4 nitrogen and oxygen atoms in total. The first-order chi connectivity index (χ1) is 9.83. The maximum Gasteiger partial charge on any atom is 0.0537 e. The lowest BCUT2D eigenvalue weighted by molar-refractivity contribution is 0.496. The summed E-state index contributed by atoms with van der Waals surface area (Å²) in [5, 5.41) is 7.99. The Balaban J connectivity index is 1.99. The molecule has 0 bridgehead atoms. The molecule has 1 N–H and O–H groups in total. The number of hydrogen-bond acceptors (Lipinski definition) is 3. The van der Waals surface area contributed by atoms with E-state index >= 15 is 0 Å². The molecule has 20 heavy (non-hydrogen) atoms. The van der Waals surface area contributed by atoms with Crippen LogP contribution < -0.4 is 5.32 Å². The van der Waals surface area contributed by atoms with E-state index in [1.165, 1.54) is 5.56 Å².